The van der Waals surface area contributed by atoms with Crippen LogP contribution in [0.5, 0.6) is 0 Å². The summed E-state index contributed by atoms with van der Waals surface area (Å²) >= 11 is 0. The topological polar surface area (TPSA) is 130 Å². The zero-order valence-electron chi connectivity index (χ0n) is 17.4. The quantitative estimate of drug-likeness (QED) is 0.418. The van der Waals surface area contributed by atoms with Crippen LogP contribution < -0.4 is 5.32 Å². The lowest BCUT2D eigenvalue weighted by Crippen LogP contribution is -2.12. The van der Waals surface area contributed by atoms with Gasteiger partial charge in [0.25, 0.3) is 0 Å². The number of fused-ring (bicyclic) bond motifs is 1. The van der Waals surface area contributed by atoms with Crippen LogP contribution in [0.15, 0.2) is 36.9 Å². The van der Waals surface area contributed by atoms with Crippen LogP contribution in [0.25, 0.3) is 28.1 Å². The highest BCUT2D eigenvalue weighted by molar-refractivity contribution is 5.79. The number of nitriles is 1. The van der Waals surface area contributed by atoms with E-state index in [1.165, 1.54) is 6.20 Å². The predicted octanol–water partition coefficient (Wildman–Crippen LogP) is 2.54. The van der Waals surface area contributed by atoms with E-state index in [1.54, 1.807) is 27.8 Å². The third-order valence-corrected chi connectivity index (χ3v) is 4.70. The van der Waals surface area contributed by atoms with Gasteiger partial charge < -0.3 is 10.4 Å². The molecule has 10 nitrogen and oxygen atoms in total. The van der Waals surface area contributed by atoms with Crippen LogP contribution in [0.1, 0.15) is 32.3 Å². The van der Waals surface area contributed by atoms with Crippen molar-refractivity contribution < 1.29 is 5.11 Å². The molecule has 0 aliphatic heterocycles. The SMILES string of the molecule is CC(C)Nc1cc(-n2ncc3cc(C#N)cnc32)ncc1-c1cn(CCCCO)nn1. The number of hydrogen-bond acceptors (Lipinski definition) is 8. The Morgan fingerprint density at radius 2 is 2.03 bits per heavy atom. The Morgan fingerprint density at radius 1 is 1.16 bits per heavy atom. The minimum Gasteiger partial charge on any atom is -0.396 e. The highest BCUT2D eigenvalue weighted by atomic mass is 16.2. The number of hydrogen-bond donors (Lipinski definition) is 2. The number of aliphatic hydroxyl groups excluding tert-OH is 1. The fourth-order valence-electron chi connectivity index (χ4n) is 3.26. The van der Waals surface area contributed by atoms with Gasteiger partial charge >= 0.3 is 0 Å². The van der Waals surface area contributed by atoms with Gasteiger partial charge in [0.05, 0.1) is 18.0 Å². The number of rotatable bonds is 8. The van der Waals surface area contributed by atoms with Gasteiger partial charge in [-0.25, -0.2) is 9.97 Å². The normalized spacial score (nSPS) is 11.2. The van der Waals surface area contributed by atoms with Crippen LogP contribution in [0.2, 0.25) is 0 Å². The van der Waals surface area contributed by atoms with Gasteiger partial charge in [0.2, 0.25) is 0 Å². The molecule has 4 aromatic heterocycles. The van der Waals surface area contributed by atoms with E-state index in [1.807, 2.05) is 12.3 Å². The molecule has 0 fully saturated rings. The van der Waals surface area contributed by atoms with Crippen molar-refractivity contribution in [2.45, 2.75) is 39.3 Å². The molecule has 0 amide bonds. The Morgan fingerprint density at radius 3 is 2.81 bits per heavy atom. The summed E-state index contributed by atoms with van der Waals surface area (Å²) < 4.78 is 3.42. The molecule has 0 aromatic carbocycles. The molecule has 4 rings (SSSR count). The van der Waals surface area contributed by atoms with Crippen LogP contribution >= 0.6 is 0 Å². The number of anilines is 1. The molecule has 0 radical (unpaired) electrons. The lowest BCUT2D eigenvalue weighted by Gasteiger charge is -2.14. The third-order valence-electron chi connectivity index (χ3n) is 4.70. The van der Waals surface area contributed by atoms with E-state index < -0.39 is 0 Å². The van der Waals surface area contributed by atoms with Crippen LogP contribution in [0.3, 0.4) is 0 Å². The molecule has 4 heterocycles. The molecule has 0 aliphatic rings. The van der Waals surface area contributed by atoms with Gasteiger partial charge in [0, 0.05) is 54.3 Å². The number of unbranched alkanes of at least 4 members (excludes halogenated alkanes) is 1. The second-order valence-electron chi connectivity index (χ2n) is 7.49. The second-order valence-corrected chi connectivity index (χ2v) is 7.49. The molecule has 0 spiro atoms. The second kappa shape index (κ2) is 8.89. The molecule has 2 N–H and O–H groups in total. The molecule has 0 bridgehead atoms. The van der Waals surface area contributed by atoms with Gasteiger partial charge in [-0.1, -0.05) is 5.21 Å². The maximum Gasteiger partial charge on any atom is 0.164 e. The first-order valence-electron chi connectivity index (χ1n) is 10.1. The summed E-state index contributed by atoms with van der Waals surface area (Å²) in [7, 11) is 0. The molecular weight excluding hydrogens is 394 g/mol. The Kier molecular flexibility index (Phi) is 5.86. The van der Waals surface area contributed by atoms with E-state index >= 15 is 0 Å². The summed E-state index contributed by atoms with van der Waals surface area (Å²) in [5.74, 6) is 0.606. The van der Waals surface area contributed by atoms with Crippen molar-refractivity contribution in [2.75, 3.05) is 11.9 Å². The standard InChI is InChI=1S/C21H23N9O/c1-14(2)26-18-8-20(30-21-16(11-25-30)7-15(9-22)10-24-21)23-12-17(18)19-13-29(28-27-19)5-3-4-6-31/h7-8,10-14,31H,3-6H2,1-2H3,(H,23,26). The predicted molar refractivity (Wildman–Crippen MR) is 115 cm³/mol. The molecule has 0 aliphatic carbocycles. The average molecular weight is 417 g/mol. The van der Waals surface area contributed by atoms with Crippen molar-refractivity contribution in [2.24, 2.45) is 0 Å². The first kappa shape index (κ1) is 20.4. The maximum atomic E-state index is 9.08. The minimum atomic E-state index is 0.171. The molecular formula is C21H23N9O. The lowest BCUT2D eigenvalue weighted by atomic mass is 10.1. The number of aromatic nitrogens is 7. The zero-order valence-corrected chi connectivity index (χ0v) is 17.4. The number of aryl methyl sites for hydroxylation is 1. The molecule has 31 heavy (non-hydrogen) atoms. The van der Waals surface area contributed by atoms with Gasteiger partial charge in [0.15, 0.2) is 11.5 Å². The number of aliphatic hydroxyl groups is 1. The fourth-order valence-corrected chi connectivity index (χ4v) is 3.26. The van der Waals surface area contributed by atoms with Gasteiger partial charge in [-0.15, -0.1) is 5.10 Å². The van der Waals surface area contributed by atoms with Crippen molar-refractivity contribution in [3.63, 3.8) is 0 Å². The molecule has 158 valence electrons. The van der Waals surface area contributed by atoms with Crippen LogP contribution in [-0.2, 0) is 6.54 Å². The number of pyridine rings is 2. The summed E-state index contributed by atoms with van der Waals surface area (Å²) in [5.41, 5.74) is 3.53. The molecule has 0 saturated carbocycles. The first-order chi connectivity index (χ1) is 15.1. The van der Waals surface area contributed by atoms with Crippen molar-refractivity contribution in [3.8, 4) is 23.1 Å². The monoisotopic (exact) mass is 417 g/mol. The van der Waals surface area contributed by atoms with Gasteiger partial charge in [-0.2, -0.15) is 15.0 Å². The van der Waals surface area contributed by atoms with E-state index in [0.717, 1.165) is 29.5 Å². The highest BCUT2D eigenvalue weighted by Gasteiger charge is 2.15. The summed E-state index contributed by atoms with van der Waals surface area (Å²) in [6.45, 7) is 4.99. The summed E-state index contributed by atoms with van der Waals surface area (Å²) in [6.07, 6.45) is 8.39. The smallest absolute Gasteiger partial charge is 0.164 e. The third kappa shape index (κ3) is 4.36. The molecule has 0 saturated heterocycles. The Hall–Kier alpha value is -3.84. The van der Waals surface area contributed by atoms with Gasteiger partial charge in [-0.3, -0.25) is 4.68 Å². The number of nitrogens with zero attached hydrogens (tertiary/aromatic N) is 8. The van der Waals surface area contributed by atoms with Crippen LogP contribution in [0.4, 0.5) is 5.69 Å². The van der Waals surface area contributed by atoms with E-state index in [2.05, 4.69) is 50.6 Å². The van der Waals surface area contributed by atoms with Crippen LogP contribution in [0, 0.1) is 11.3 Å². The largest absolute Gasteiger partial charge is 0.396 e. The molecule has 0 atom stereocenters. The van der Waals surface area contributed by atoms with Crippen LogP contribution in [-0.4, -0.2) is 52.5 Å². The molecule has 10 heteroatoms. The Balaban J connectivity index is 1.70. The van der Waals surface area contributed by atoms with Crippen molar-refractivity contribution >= 4 is 16.7 Å². The maximum absolute atomic E-state index is 9.08. The van der Waals surface area contributed by atoms with E-state index in [4.69, 9.17) is 10.4 Å². The van der Waals surface area contributed by atoms with E-state index in [0.29, 0.717) is 29.3 Å². The summed E-state index contributed by atoms with van der Waals surface area (Å²) in [5, 5.41) is 35.2. The summed E-state index contributed by atoms with van der Waals surface area (Å²) in [4.78, 5) is 8.96. The number of nitrogens with one attached hydrogen (secondary N) is 1. The van der Waals surface area contributed by atoms with Gasteiger partial charge in [0.1, 0.15) is 11.8 Å². The van der Waals surface area contributed by atoms with Crippen molar-refractivity contribution in [1.82, 2.24) is 34.7 Å². The molecule has 0 unspecified atom stereocenters. The van der Waals surface area contributed by atoms with E-state index in [9.17, 15) is 0 Å². The fraction of sp³-hybridized carbons (Fsp3) is 0.333. The highest BCUT2D eigenvalue weighted by Crippen LogP contribution is 2.28. The first-order valence-corrected chi connectivity index (χ1v) is 10.1. The van der Waals surface area contributed by atoms with Crippen molar-refractivity contribution in [1.29, 1.82) is 5.26 Å². The zero-order chi connectivity index (χ0) is 21.8. The Bertz CT molecular complexity index is 1240. The van der Waals surface area contributed by atoms with Crippen molar-refractivity contribution in [3.05, 3.63) is 42.5 Å². The van der Waals surface area contributed by atoms with Gasteiger partial charge in [-0.05, 0) is 32.8 Å². The minimum absolute atomic E-state index is 0.171. The Labute approximate surface area is 179 Å². The molecule has 4 aromatic rings. The lowest BCUT2D eigenvalue weighted by molar-refractivity contribution is 0.280. The average Bonchev–Trinajstić information content (AvgIpc) is 3.40. The summed E-state index contributed by atoms with van der Waals surface area (Å²) in [6, 6.07) is 5.95. The van der Waals surface area contributed by atoms with E-state index in [-0.39, 0.29) is 12.6 Å².